The van der Waals surface area contributed by atoms with E-state index in [9.17, 15) is 0 Å². The van der Waals surface area contributed by atoms with Crippen molar-refractivity contribution in [3.8, 4) is 5.75 Å². The summed E-state index contributed by atoms with van der Waals surface area (Å²) in [6.07, 6.45) is 10.8. The summed E-state index contributed by atoms with van der Waals surface area (Å²) in [5, 5.41) is 0. The lowest BCUT2D eigenvalue weighted by Crippen LogP contribution is -2.44. The third kappa shape index (κ3) is 2.63. The molecule has 2 nitrogen and oxygen atoms in total. The largest absolute Gasteiger partial charge is 0.488 e. The molecule has 1 aromatic rings. The van der Waals surface area contributed by atoms with Crippen LogP contribution in [0.4, 0.5) is 0 Å². The van der Waals surface area contributed by atoms with Gasteiger partial charge in [-0.15, -0.1) is 0 Å². The van der Waals surface area contributed by atoms with Crippen molar-refractivity contribution in [2.24, 2.45) is 17.3 Å². The Bertz CT molecular complexity index is 691. The fraction of sp³-hybridized carbons (Fsp3) is 0.750. The minimum absolute atomic E-state index is 0.121. The molecule has 0 saturated heterocycles. The number of ether oxygens (including phenoxy) is 2. The molecule has 0 aromatic heterocycles. The number of fused-ring (bicyclic) bond motifs is 5. The molecule has 3 saturated carbocycles. The van der Waals surface area contributed by atoms with Gasteiger partial charge < -0.3 is 9.47 Å². The number of hydrogen-bond donors (Lipinski definition) is 0. The Hall–Kier alpha value is -1.02. The van der Waals surface area contributed by atoms with Crippen molar-refractivity contribution in [3.63, 3.8) is 0 Å². The summed E-state index contributed by atoms with van der Waals surface area (Å²) in [5.74, 6) is 3.58. The molecule has 26 heavy (non-hydrogen) atoms. The monoisotopic (exact) mass is 354 g/mol. The van der Waals surface area contributed by atoms with Gasteiger partial charge in [-0.1, -0.05) is 13.0 Å². The number of aryl methyl sites for hydroxylation is 1. The first-order chi connectivity index (χ1) is 12.5. The van der Waals surface area contributed by atoms with Crippen LogP contribution in [0.25, 0.3) is 0 Å². The maximum absolute atomic E-state index is 6.22. The molecule has 5 rings (SSSR count). The maximum Gasteiger partial charge on any atom is 0.120 e. The third-order valence-corrected chi connectivity index (χ3v) is 8.30. The molecule has 0 N–H and O–H groups in total. The number of hydrogen-bond acceptors (Lipinski definition) is 2. The topological polar surface area (TPSA) is 18.5 Å². The van der Waals surface area contributed by atoms with Gasteiger partial charge in [-0.3, -0.25) is 0 Å². The molecule has 3 fully saturated rings. The van der Waals surface area contributed by atoms with Gasteiger partial charge >= 0.3 is 0 Å². The van der Waals surface area contributed by atoms with Crippen molar-refractivity contribution in [1.82, 2.24) is 0 Å². The first-order valence-corrected chi connectivity index (χ1v) is 11.0. The number of rotatable bonds is 4. The lowest BCUT2D eigenvalue weighted by molar-refractivity contribution is -0.0600. The smallest absolute Gasteiger partial charge is 0.120 e. The fourth-order valence-electron chi connectivity index (χ4n) is 6.61. The van der Waals surface area contributed by atoms with Crippen LogP contribution in [-0.2, 0) is 11.2 Å². The molecule has 0 aliphatic heterocycles. The second-order valence-electron chi connectivity index (χ2n) is 9.89. The Kier molecular flexibility index (Phi) is 3.94. The average molecular weight is 355 g/mol. The van der Waals surface area contributed by atoms with E-state index in [-0.39, 0.29) is 5.60 Å². The Balaban J connectivity index is 1.39. The van der Waals surface area contributed by atoms with Crippen LogP contribution >= 0.6 is 0 Å². The molecule has 0 radical (unpaired) electrons. The molecule has 5 atom stereocenters. The van der Waals surface area contributed by atoms with Gasteiger partial charge in [0.05, 0.1) is 6.10 Å². The zero-order valence-corrected chi connectivity index (χ0v) is 16.7. The van der Waals surface area contributed by atoms with Crippen LogP contribution in [0.15, 0.2) is 18.2 Å². The highest BCUT2D eigenvalue weighted by atomic mass is 16.5. The van der Waals surface area contributed by atoms with Crippen LogP contribution in [0, 0.1) is 17.3 Å². The van der Waals surface area contributed by atoms with E-state index in [4.69, 9.17) is 9.47 Å². The van der Waals surface area contributed by atoms with E-state index in [1.54, 1.807) is 11.1 Å². The summed E-state index contributed by atoms with van der Waals surface area (Å²) in [7, 11) is 0. The Morgan fingerprint density at radius 1 is 1.04 bits per heavy atom. The van der Waals surface area contributed by atoms with Gasteiger partial charge in [0.15, 0.2) is 0 Å². The van der Waals surface area contributed by atoms with E-state index < -0.39 is 0 Å². The summed E-state index contributed by atoms with van der Waals surface area (Å²) in [6.45, 7) is 7.79. The van der Waals surface area contributed by atoms with Gasteiger partial charge in [-0.25, -0.2) is 0 Å². The van der Waals surface area contributed by atoms with E-state index in [2.05, 4.69) is 39.0 Å². The molecule has 1 aromatic carbocycles. The van der Waals surface area contributed by atoms with Gasteiger partial charge in [-0.05, 0) is 112 Å². The molecule has 4 aliphatic carbocycles. The number of benzene rings is 1. The Labute approximate surface area is 158 Å². The van der Waals surface area contributed by atoms with Crippen LogP contribution in [0.3, 0.4) is 0 Å². The zero-order valence-electron chi connectivity index (χ0n) is 16.7. The second-order valence-corrected chi connectivity index (χ2v) is 9.89. The molecule has 142 valence electrons. The lowest BCUT2D eigenvalue weighted by Gasteiger charge is -2.50. The molecular formula is C24H34O2. The summed E-state index contributed by atoms with van der Waals surface area (Å²) >= 11 is 0. The highest BCUT2D eigenvalue weighted by Crippen LogP contribution is 2.61. The highest BCUT2D eigenvalue weighted by Gasteiger charge is 2.55. The summed E-state index contributed by atoms with van der Waals surface area (Å²) < 4.78 is 12.4. The lowest BCUT2D eigenvalue weighted by atomic mass is 9.55. The minimum Gasteiger partial charge on any atom is -0.488 e. The summed E-state index contributed by atoms with van der Waals surface area (Å²) in [6, 6.07) is 7.02. The van der Waals surface area contributed by atoms with Gasteiger partial charge in [0.2, 0.25) is 0 Å². The van der Waals surface area contributed by atoms with Crippen molar-refractivity contribution in [3.05, 3.63) is 29.3 Å². The predicted octanol–water partition coefficient (Wildman–Crippen LogP) is 5.88. The van der Waals surface area contributed by atoms with Gasteiger partial charge in [0, 0.05) is 6.61 Å². The predicted molar refractivity (Wildman–Crippen MR) is 105 cm³/mol. The van der Waals surface area contributed by atoms with Crippen molar-refractivity contribution in [2.75, 3.05) is 6.61 Å². The first-order valence-electron chi connectivity index (χ1n) is 11.0. The summed E-state index contributed by atoms with van der Waals surface area (Å²) in [5.41, 5.74) is 3.74. The van der Waals surface area contributed by atoms with E-state index >= 15 is 0 Å². The van der Waals surface area contributed by atoms with Gasteiger partial charge in [0.25, 0.3) is 0 Å². The van der Waals surface area contributed by atoms with Crippen molar-refractivity contribution >= 4 is 0 Å². The Morgan fingerprint density at radius 2 is 1.88 bits per heavy atom. The van der Waals surface area contributed by atoms with Gasteiger partial charge in [0.1, 0.15) is 11.4 Å². The van der Waals surface area contributed by atoms with Crippen molar-refractivity contribution in [2.45, 2.75) is 89.8 Å². The maximum atomic E-state index is 6.22. The highest BCUT2D eigenvalue weighted by molar-refractivity contribution is 5.41. The minimum atomic E-state index is 0.121. The quantitative estimate of drug-likeness (QED) is 0.672. The molecule has 0 spiro atoms. The SMILES string of the molecule is CCOC1CCC2C3CCc4cc(OC5(C)CC5)ccc4C3CCC12C. The van der Waals surface area contributed by atoms with Crippen LogP contribution in [0.1, 0.15) is 82.8 Å². The first kappa shape index (κ1) is 17.1. The van der Waals surface area contributed by atoms with E-state index in [0.717, 1.165) is 30.1 Å². The average Bonchev–Trinajstić information content (AvgIpc) is 3.25. The normalized spacial score (nSPS) is 39.7. The van der Waals surface area contributed by atoms with Crippen LogP contribution in [-0.4, -0.2) is 18.3 Å². The molecule has 5 unspecified atom stereocenters. The van der Waals surface area contributed by atoms with Crippen LogP contribution in [0.2, 0.25) is 0 Å². The summed E-state index contributed by atoms with van der Waals surface area (Å²) in [4.78, 5) is 0. The second kappa shape index (κ2) is 5.99. The van der Waals surface area contributed by atoms with Crippen LogP contribution in [0.5, 0.6) is 5.75 Å². The molecule has 0 amide bonds. The van der Waals surface area contributed by atoms with Crippen molar-refractivity contribution in [1.29, 1.82) is 0 Å². The molecule has 4 aliphatic rings. The molecule has 0 bridgehead atoms. The van der Waals surface area contributed by atoms with Crippen LogP contribution < -0.4 is 4.74 Å². The third-order valence-electron chi connectivity index (χ3n) is 8.30. The zero-order chi connectivity index (χ0) is 17.9. The van der Waals surface area contributed by atoms with E-state index in [1.807, 2.05) is 0 Å². The van der Waals surface area contributed by atoms with E-state index in [0.29, 0.717) is 11.5 Å². The van der Waals surface area contributed by atoms with E-state index in [1.165, 1.54) is 51.4 Å². The molecule has 0 heterocycles. The molecular weight excluding hydrogens is 320 g/mol. The Morgan fingerprint density at radius 3 is 2.65 bits per heavy atom. The molecule has 2 heteroatoms. The standard InChI is InChI=1S/C24H34O2/c1-4-25-22-10-9-21-20-7-5-16-15-17(26-23(2)13-14-23)6-8-18(16)19(20)11-12-24(21,22)3/h6,8,15,19-22H,4-5,7,9-14H2,1-3H3. The fourth-order valence-corrected chi connectivity index (χ4v) is 6.61. The van der Waals surface area contributed by atoms with Crippen molar-refractivity contribution < 1.29 is 9.47 Å². The van der Waals surface area contributed by atoms with Gasteiger partial charge in [-0.2, -0.15) is 0 Å².